The minimum Gasteiger partial charge on any atom is -0.0777 e. The highest BCUT2D eigenvalue weighted by atomic mass is 14.4. The van der Waals surface area contributed by atoms with Gasteiger partial charge in [-0.25, -0.2) is 0 Å². The van der Waals surface area contributed by atoms with Gasteiger partial charge in [-0.1, -0.05) is 51.0 Å². The summed E-state index contributed by atoms with van der Waals surface area (Å²) in [6.45, 7) is 13.7. The zero-order chi connectivity index (χ0) is 9.57. The maximum atomic E-state index is 2.33. The largest absolute Gasteiger partial charge is 0.0777 e. The van der Waals surface area contributed by atoms with E-state index in [1.165, 1.54) is 11.1 Å². The molecule has 0 fully saturated rings. The van der Waals surface area contributed by atoms with Gasteiger partial charge in [0.15, 0.2) is 0 Å². The van der Waals surface area contributed by atoms with Crippen molar-refractivity contribution in [3.05, 3.63) is 23.3 Å². The van der Waals surface area contributed by atoms with Gasteiger partial charge < -0.3 is 0 Å². The average molecular weight is 164 g/mol. The van der Waals surface area contributed by atoms with Gasteiger partial charge in [0, 0.05) is 0 Å². The smallest absolute Gasteiger partial charge is 0.00560 e. The van der Waals surface area contributed by atoms with Crippen molar-refractivity contribution in [1.82, 2.24) is 0 Å². The van der Waals surface area contributed by atoms with E-state index in [9.17, 15) is 0 Å². The summed E-state index contributed by atoms with van der Waals surface area (Å²) in [5.41, 5.74) is 3.54. The molecule has 0 heteroatoms. The summed E-state index contributed by atoms with van der Waals surface area (Å²) in [4.78, 5) is 0. The molecule has 0 radical (unpaired) electrons. The van der Waals surface area contributed by atoms with Crippen LogP contribution in [0.25, 0.3) is 0 Å². The number of hydrogen-bond acceptors (Lipinski definition) is 0. The summed E-state index contributed by atoms with van der Waals surface area (Å²) < 4.78 is 0. The first-order valence-electron chi connectivity index (χ1n) is 4.66. The second kappa shape index (κ2) is 2.48. The first-order valence-corrected chi connectivity index (χ1v) is 4.66. The van der Waals surface area contributed by atoms with Gasteiger partial charge in [0.2, 0.25) is 0 Å². The minimum absolute atomic E-state index is 0.288. The van der Waals surface area contributed by atoms with Crippen LogP contribution in [-0.4, -0.2) is 0 Å². The molecular formula is C12H20. The minimum atomic E-state index is 0.288. The van der Waals surface area contributed by atoms with Crippen LogP contribution in [0, 0.1) is 10.8 Å². The van der Waals surface area contributed by atoms with E-state index in [-0.39, 0.29) is 5.41 Å². The molecule has 0 nitrogen and oxygen atoms in total. The van der Waals surface area contributed by atoms with Crippen molar-refractivity contribution in [3.8, 4) is 0 Å². The van der Waals surface area contributed by atoms with Crippen LogP contribution in [0.2, 0.25) is 0 Å². The van der Waals surface area contributed by atoms with Gasteiger partial charge in [0.1, 0.15) is 0 Å². The molecule has 0 N–H and O–H groups in total. The first-order chi connectivity index (χ1) is 5.29. The molecule has 0 bridgehead atoms. The molecule has 0 aromatic rings. The Hall–Kier alpha value is -0.520. The van der Waals surface area contributed by atoms with Crippen LogP contribution in [0.4, 0.5) is 0 Å². The summed E-state index contributed by atoms with van der Waals surface area (Å²) in [7, 11) is 0. The molecule has 0 heterocycles. The Balaban J connectivity index is 3.21. The molecule has 0 aromatic heterocycles. The van der Waals surface area contributed by atoms with Crippen LogP contribution >= 0.6 is 0 Å². The fraction of sp³-hybridized carbons (Fsp3) is 0.667. The fourth-order valence-electron chi connectivity index (χ4n) is 1.64. The zero-order valence-electron chi connectivity index (χ0n) is 9.15. The van der Waals surface area contributed by atoms with Gasteiger partial charge in [0.25, 0.3) is 0 Å². The lowest BCUT2D eigenvalue weighted by Crippen LogP contribution is -2.34. The number of allylic oxidation sites excluding steroid dienone is 4. The van der Waals surface area contributed by atoms with Crippen molar-refractivity contribution in [2.45, 2.75) is 41.5 Å². The normalized spacial score (nSPS) is 26.2. The van der Waals surface area contributed by atoms with Crippen molar-refractivity contribution in [3.63, 3.8) is 0 Å². The third kappa shape index (κ3) is 1.14. The van der Waals surface area contributed by atoms with Crippen molar-refractivity contribution >= 4 is 0 Å². The van der Waals surface area contributed by atoms with E-state index in [2.05, 4.69) is 53.7 Å². The number of hydrogen-bond donors (Lipinski definition) is 0. The van der Waals surface area contributed by atoms with Crippen LogP contribution in [0.3, 0.4) is 0 Å². The van der Waals surface area contributed by atoms with Crippen LogP contribution < -0.4 is 0 Å². The van der Waals surface area contributed by atoms with E-state index in [4.69, 9.17) is 0 Å². The van der Waals surface area contributed by atoms with Crippen LogP contribution in [0.15, 0.2) is 23.3 Å². The van der Waals surface area contributed by atoms with E-state index in [1.54, 1.807) is 0 Å². The molecule has 0 aliphatic heterocycles. The van der Waals surface area contributed by atoms with Crippen molar-refractivity contribution in [1.29, 1.82) is 0 Å². The lowest BCUT2D eigenvalue weighted by atomic mass is 9.61. The highest BCUT2D eigenvalue weighted by molar-refractivity contribution is 5.35. The van der Waals surface area contributed by atoms with Gasteiger partial charge in [-0.15, -0.1) is 0 Å². The Morgan fingerprint density at radius 3 is 1.92 bits per heavy atom. The molecule has 0 amide bonds. The molecular weight excluding hydrogens is 144 g/mol. The van der Waals surface area contributed by atoms with E-state index in [1.807, 2.05) is 0 Å². The van der Waals surface area contributed by atoms with Crippen molar-refractivity contribution < 1.29 is 0 Å². The summed E-state index contributed by atoms with van der Waals surface area (Å²) in [6.07, 6.45) is 4.58. The summed E-state index contributed by atoms with van der Waals surface area (Å²) >= 11 is 0. The highest BCUT2D eigenvalue weighted by Crippen LogP contribution is 2.48. The first kappa shape index (κ1) is 9.57. The molecule has 0 aromatic carbocycles. The fourth-order valence-corrected chi connectivity index (χ4v) is 1.64. The molecule has 0 saturated carbocycles. The summed E-state index contributed by atoms with van der Waals surface area (Å²) in [5.74, 6) is 0. The van der Waals surface area contributed by atoms with E-state index in [0.29, 0.717) is 5.41 Å². The Bertz CT molecular complexity index is 249. The van der Waals surface area contributed by atoms with Crippen molar-refractivity contribution in [2.24, 2.45) is 10.8 Å². The lowest BCUT2D eigenvalue weighted by Gasteiger charge is -2.44. The maximum absolute atomic E-state index is 2.33. The molecule has 0 saturated heterocycles. The summed E-state index contributed by atoms with van der Waals surface area (Å²) in [6, 6.07) is 0. The van der Waals surface area contributed by atoms with Crippen LogP contribution in [0.5, 0.6) is 0 Å². The van der Waals surface area contributed by atoms with Gasteiger partial charge in [0.05, 0.1) is 0 Å². The maximum Gasteiger partial charge on any atom is -0.00560 e. The molecule has 0 atom stereocenters. The molecule has 12 heavy (non-hydrogen) atoms. The standard InChI is InChI=1S/C12H20/c1-9-7-8-11(3,4)12(5,6)10(9)2/h7-8H,1-6H3. The third-order valence-corrected chi connectivity index (χ3v) is 3.89. The molecule has 1 aliphatic carbocycles. The Kier molecular flexibility index (Phi) is 1.98. The Morgan fingerprint density at radius 2 is 1.50 bits per heavy atom. The van der Waals surface area contributed by atoms with E-state index < -0.39 is 0 Å². The lowest BCUT2D eigenvalue weighted by molar-refractivity contribution is 0.209. The van der Waals surface area contributed by atoms with E-state index >= 15 is 0 Å². The Morgan fingerprint density at radius 1 is 1.00 bits per heavy atom. The van der Waals surface area contributed by atoms with E-state index in [0.717, 1.165) is 0 Å². The monoisotopic (exact) mass is 164 g/mol. The highest BCUT2D eigenvalue weighted by Gasteiger charge is 2.38. The molecule has 1 rings (SSSR count). The predicted molar refractivity (Wildman–Crippen MR) is 55.1 cm³/mol. The van der Waals surface area contributed by atoms with Crippen molar-refractivity contribution in [2.75, 3.05) is 0 Å². The average Bonchev–Trinajstić information content (AvgIpc) is 1.96. The predicted octanol–water partition coefficient (Wildman–Crippen LogP) is 3.95. The quantitative estimate of drug-likeness (QED) is 0.508. The number of rotatable bonds is 0. The van der Waals surface area contributed by atoms with Gasteiger partial charge in [-0.3, -0.25) is 0 Å². The van der Waals surface area contributed by atoms with Gasteiger partial charge in [-0.2, -0.15) is 0 Å². The topological polar surface area (TPSA) is 0 Å². The molecule has 0 unspecified atom stereocenters. The summed E-state index contributed by atoms with van der Waals surface area (Å²) in [5, 5.41) is 0. The zero-order valence-corrected chi connectivity index (χ0v) is 9.15. The Labute approximate surface area is 76.4 Å². The molecule has 0 spiro atoms. The molecule has 68 valence electrons. The van der Waals surface area contributed by atoms with Gasteiger partial charge >= 0.3 is 0 Å². The second-order valence-electron chi connectivity index (χ2n) is 4.99. The SMILES string of the molecule is CC1=C(C)C(C)(C)C(C)(C)C=C1. The third-order valence-electron chi connectivity index (χ3n) is 3.89. The van der Waals surface area contributed by atoms with Crippen LogP contribution in [-0.2, 0) is 0 Å². The second-order valence-corrected chi connectivity index (χ2v) is 4.99. The van der Waals surface area contributed by atoms with Gasteiger partial charge in [-0.05, 0) is 24.7 Å². The van der Waals surface area contributed by atoms with Crippen LogP contribution in [0.1, 0.15) is 41.5 Å². The molecule has 1 aliphatic rings.